The van der Waals surface area contributed by atoms with Crippen LogP contribution in [0.4, 0.5) is 0 Å². The van der Waals surface area contributed by atoms with Crippen molar-refractivity contribution in [1.82, 2.24) is 4.90 Å². The Morgan fingerprint density at radius 2 is 2.20 bits per heavy atom. The molecule has 10 heavy (non-hydrogen) atoms. The third-order valence-corrected chi connectivity index (χ3v) is 2.59. The second kappa shape index (κ2) is 5.74. The van der Waals surface area contributed by atoms with Crippen LogP contribution in [0.5, 0.6) is 0 Å². The molecular formula is C7H13NS2. The Balaban J connectivity index is 3.40. The van der Waals surface area contributed by atoms with Crippen LogP contribution in [0.25, 0.3) is 0 Å². The molecule has 0 bridgehead atoms. The molecule has 0 aliphatic carbocycles. The quantitative estimate of drug-likeness (QED) is 0.467. The van der Waals surface area contributed by atoms with Gasteiger partial charge in [0.15, 0.2) is 0 Å². The second-order valence-corrected chi connectivity index (χ2v) is 3.69. The van der Waals surface area contributed by atoms with Crippen LogP contribution in [0.3, 0.4) is 0 Å². The van der Waals surface area contributed by atoms with E-state index >= 15 is 0 Å². The van der Waals surface area contributed by atoms with Crippen LogP contribution < -0.4 is 0 Å². The van der Waals surface area contributed by atoms with Crippen molar-refractivity contribution in [2.45, 2.75) is 6.92 Å². The molecule has 0 saturated carbocycles. The molecule has 0 unspecified atom stereocenters. The number of thiocarbonyl (C=S) groups is 1. The Morgan fingerprint density at radius 3 is 2.60 bits per heavy atom. The van der Waals surface area contributed by atoms with E-state index in [4.69, 9.17) is 12.2 Å². The summed E-state index contributed by atoms with van der Waals surface area (Å²) < 4.78 is 0.943. The molecule has 0 heterocycles. The maximum absolute atomic E-state index is 5.05. The highest BCUT2D eigenvalue weighted by Gasteiger charge is 1.95. The van der Waals surface area contributed by atoms with Crippen LogP contribution in [-0.2, 0) is 0 Å². The Kier molecular flexibility index (Phi) is 5.73. The zero-order valence-corrected chi connectivity index (χ0v) is 8.26. The summed E-state index contributed by atoms with van der Waals surface area (Å²) in [5, 5.41) is 0. The predicted octanol–water partition coefficient (Wildman–Crippen LogP) is 2.14. The van der Waals surface area contributed by atoms with Gasteiger partial charge in [-0.25, -0.2) is 0 Å². The molecule has 0 aliphatic rings. The molecule has 0 spiro atoms. The molecule has 3 heteroatoms. The normalized spacial score (nSPS) is 10.3. The number of allylic oxidation sites excluding steroid dienone is 1. The van der Waals surface area contributed by atoms with Gasteiger partial charge < -0.3 is 4.90 Å². The monoisotopic (exact) mass is 175 g/mol. The molecule has 0 N–H and O–H groups in total. The number of nitrogens with zero attached hydrogens (tertiary/aromatic N) is 1. The van der Waals surface area contributed by atoms with Gasteiger partial charge in [0.25, 0.3) is 0 Å². The summed E-state index contributed by atoms with van der Waals surface area (Å²) in [7, 11) is 3.93. The molecule has 0 aromatic heterocycles. The van der Waals surface area contributed by atoms with E-state index in [-0.39, 0.29) is 0 Å². The number of hydrogen-bond acceptors (Lipinski definition) is 2. The lowest BCUT2D eigenvalue weighted by Gasteiger charge is -2.10. The average molecular weight is 175 g/mol. The highest BCUT2D eigenvalue weighted by Crippen LogP contribution is 2.05. The Hall–Kier alpha value is -0.0200. The van der Waals surface area contributed by atoms with Crippen molar-refractivity contribution < 1.29 is 0 Å². The summed E-state index contributed by atoms with van der Waals surface area (Å²) in [5.74, 6) is 0.980. The molecule has 1 nitrogen and oxygen atoms in total. The maximum atomic E-state index is 5.05. The van der Waals surface area contributed by atoms with E-state index in [1.165, 1.54) is 0 Å². The van der Waals surface area contributed by atoms with Gasteiger partial charge in [-0.15, -0.1) is 0 Å². The van der Waals surface area contributed by atoms with E-state index in [0.29, 0.717) is 0 Å². The van der Waals surface area contributed by atoms with E-state index < -0.39 is 0 Å². The lowest BCUT2D eigenvalue weighted by atomic mass is 10.6. The topological polar surface area (TPSA) is 3.24 Å². The van der Waals surface area contributed by atoms with Crippen LogP contribution in [0.1, 0.15) is 6.92 Å². The summed E-state index contributed by atoms with van der Waals surface area (Å²) >= 11 is 6.73. The molecule has 0 radical (unpaired) electrons. The Labute approximate surface area is 72.5 Å². The lowest BCUT2D eigenvalue weighted by molar-refractivity contribution is 0.648. The summed E-state index contributed by atoms with van der Waals surface area (Å²) in [6.07, 6.45) is 4.13. The molecule has 0 atom stereocenters. The lowest BCUT2D eigenvalue weighted by Crippen LogP contribution is -2.16. The molecule has 0 fully saturated rings. The van der Waals surface area contributed by atoms with E-state index in [9.17, 15) is 0 Å². The van der Waals surface area contributed by atoms with Gasteiger partial charge in [-0.05, 0) is 6.92 Å². The zero-order valence-electron chi connectivity index (χ0n) is 6.63. The molecule has 0 aliphatic heterocycles. The predicted molar refractivity (Wildman–Crippen MR) is 53.6 cm³/mol. The SMILES string of the molecule is C/C=C/CSC(=S)N(C)C. The second-order valence-electron chi connectivity index (χ2n) is 2.04. The van der Waals surface area contributed by atoms with Gasteiger partial charge >= 0.3 is 0 Å². The summed E-state index contributed by atoms with van der Waals surface area (Å²) in [6, 6.07) is 0. The van der Waals surface area contributed by atoms with E-state index in [1.807, 2.05) is 32.0 Å². The largest absolute Gasteiger partial charge is 0.364 e. The van der Waals surface area contributed by atoms with Gasteiger partial charge in [0.2, 0.25) is 0 Å². The van der Waals surface area contributed by atoms with Crippen LogP contribution in [0, 0.1) is 0 Å². The smallest absolute Gasteiger partial charge is 0.136 e. The standard InChI is InChI=1S/C7H13NS2/c1-4-5-6-10-7(9)8(2)3/h4-5H,6H2,1-3H3/b5-4+. The number of rotatable bonds is 2. The minimum atomic E-state index is 0.943. The van der Waals surface area contributed by atoms with Gasteiger partial charge in [-0.1, -0.05) is 36.1 Å². The number of hydrogen-bond donors (Lipinski definition) is 0. The average Bonchev–Trinajstić information content (AvgIpc) is 1.88. The molecule has 58 valence electrons. The van der Waals surface area contributed by atoms with Crippen molar-refractivity contribution in [2.75, 3.05) is 19.8 Å². The van der Waals surface area contributed by atoms with Gasteiger partial charge in [0.1, 0.15) is 4.32 Å². The molecule has 0 amide bonds. The van der Waals surface area contributed by atoms with E-state index in [2.05, 4.69) is 6.08 Å². The van der Waals surface area contributed by atoms with E-state index in [0.717, 1.165) is 10.1 Å². The fraction of sp³-hybridized carbons (Fsp3) is 0.571. The van der Waals surface area contributed by atoms with Gasteiger partial charge in [0, 0.05) is 19.8 Å². The Morgan fingerprint density at radius 1 is 1.60 bits per heavy atom. The van der Waals surface area contributed by atoms with Gasteiger partial charge in [-0.2, -0.15) is 0 Å². The number of thioether (sulfide) groups is 1. The summed E-state index contributed by atoms with van der Waals surface area (Å²) in [6.45, 7) is 2.01. The molecular weight excluding hydrogens is 162 g/mol. The summed E-state index contributed by atoms with van der Waals surface area (Å²) in [4.78, 5) is 1.95. The van der Waals surface area contributed by atoms with Crippen LogP contribution in [0.2, 0.25) is 0 Å². The minimum absolute atomic E-state index is 0.943. The maximum Gasteiger partial charge on any atom is 0.136 e. The van der Waals surface area contributed by atoms with Gasteiger partial charge in [-0.3, -0.25) is 0 Å². The van der Waals surface area contributed by atoms with Gasteiger partial charge in [0.05, 0.1) is 0 Å². The van der Waals surface area contributed by atoms with Crippen molar-refractivity contribution in [3.8, 4) is 0 Å². The first-order valence-corrected chi connectivity index (χ1v) is 4.53. The van der Waals surface area contributed by atoms with Crippen molar-refractivity contribution in [3.05, 3.63) is 12.2 Å². The Bertz CT molecular complexity index is 130. The van der Waals surface area contributed by atoms with Crippen LogP contribution in [-0.4, -0.2) is 29.1 Å². The van der Waals surface area contributed by atoms with Crippen molar-refractivity contribution >= 4 is 28.3 Å². The first-order chi connectivity index (χ1) is 4.68. The molecule has 0 saturated heterocycles. The highest BCUT2D eigenvalue weighted by molar-refractivity contribution is 8.23. The molecule has 0 aromatic rings. The van der Waals surface area contributed by atoms with Crippen molar-refractivity contribution in [2.24, 2.45) is 0 Å². The third kappa shape index (κ3) is 4.82. The molecule has 0 rings (SSSR count). The van der Waals surface area contributed by atoms with Crippen LogP contribution >= 0.6 is 24.0 Å². The minimum Gasteiger partial charge on any atom is -0.364 e. The first-order valence-electron chi connectivity index (χ1n) is 3.13. The van der Waals surface area contributed by atoms with Crippen molar-refractivity contribution in [3.63, 3.8) is 0 Å². The van der Waals surface area contributed by atoms with E-state index in [1.54, 1.807) is 11.8 Å². The zero-order chi connectivity index (χ0) is 7.98. The molecule has 0 aromatic carbocycles. The summed E-state index contributed by atoms with van der Waals surface area (Å²) in [5.41, 5.74) is 0. The first kappa shape index (κ1) is 9.98. The van der Waals surface area contributed by atoms with Crippen LogP contribution in [0.15, 0.2) is 12.2 Å². The highest BCUT2D eigenvalue weighted by atomic mass is 32.2. The fourth-order valence-electron chi connectivity index (χ4n) is 0.345. The van der Waals surface area contributed by atoms with Crippen molar-refractivity contribution in [1.29, 1.82) is 0 Å². The third-order valence-electron chi connectivity index (χ3n) is 0.904. The fourth-order valence-corrected chi connectivity index (χ4v) is 1.24.